The Bertz CT molecular complexity index is 646. The summed E-state index contributed by atoms with van der Waals surface area (Å²) in [5, 5.41) is 16.6. The number of carbonyl (C=O) groups excluding carboxylic acids is 4. The first kappa shape index (κ1) is 29.2. The van der Waals surface area contributed by atoms with Crippen LogP contribution in [-0.2, 0) is 24.0 Å². The lowest BCUT2D eigenvalue weighted by molar-refractivity contribution is -0.142. The Hall–Kier alpha value is -2.77. The molecule has 184 valence electrons. The van der Waals surface area contributed by atoms with E-state index in [1.54, 1.807) is 0 Å². The highest BCUT2D eigenvalue weighted by Crippen LogP contribution is 2.04. The number of unbranched alkanes of at least 4 members (excludes halogenated alkanes) is 2. The Morgan fingerprint density at radius 1 is 0.781 bits per heavy atom. The molecule has 0 rings (SSSR count). The Balaban J connectivity index is 5.03. The van der Waals surface area contributed by atoms with Gasteiger partial charge in [0.25, 0.3) is 0 Å². The van der Waals surface area contributed by atoms with Gasteiger partial charge in [-0.25, -0.2) is 4.79 Å². The lowest BCUT2D eigenvalue weighted by atomic mass is 10.1. The van der Waals surface area contributed by atoms with Crippen LogP contribution in [0.5, 0.6) is 0 Å². The van der Waals surface area contributed by atoms with Crippen molar-refractivity contribution in [3.8, 4) is 0 Å². The molecule has 0 spiro atoms. The second-order valence-electron chi connectivity index (χ2n) is 7.54. The lowest BCUT2D eigenvalue weighted by Gasteiger charge is -2.23. The van der Waals surface area contributed by atoms with E-state index < -0.39 is 53.8 Å². The molecule has 13 heteroatoms. The number of carboxylic acids is 1. The zero-order valence-electron chi connectivity index (χ0n) is 18.5. The molecule has 0 aromatic heterocycles. The maximum atomic E-state index is 12.7. The highest BCUT2D eigenvalue weighted by atomic mass is 16.4. The van der Waals surface area contributed by atoms with Crippen molar-refractivity contribution < 1.29 is 29.1 Å². The first-order valence-electron chi connectivity index (χ1n) is 10.6. The van der Waals surface area contributed by atoms with Crippen LogP contribution in [0.3, 0.4) is 0 Å². The van der Waals surface area contributed by atoms with Gasteiger partial charge in [0.1, 0.15) is 18.1 Å². The molecule has 13 nitrogen and oxygen atoms in total. The van der Waals surface area contributed by atoms with Crippen LogP contribution in [0, 0.1) is 0 Å². The van der Waals surface area contributed by atoms with Gasteiger partial charge in [-0.3, -0.25) is 19.2 Å². The van der Waals surface area contributed by atoms with Crippen LogP contribution in [0.25, 0.3) is 0 Å². The number of aliphatic carboxylic acids is 1. The van der Waals surface area contributed by atoms with Gasteiger partial charge in [0.2, 0.25) is 23.6 Å². The van der Waals surface area contributed by atoms with Crippen LogP contribution in [0.15, 0.2) is 0 Å². The third-order valence-electron chi connectivity index (χ3n) is 4.65. The van der Waals surface area contributed by atoms with Gasteiger partial charge in [0.15, 0.2) is 0 Å². The van der Waals surface area contributed by atoms with Crippen molar-refractivity contribution >= 4 is 29.6 Å². The molecule has 0 saturated carbocycles. The van der Waals surface area contributed by atoms with Crippen molar-refractivity contribution in [2.45, 2.75) is 76.0 Å². The first-order chi connectivity index (χ1) is 15.0. The fourth-order valence-electron chi connectivity index (χ4n) is 2.78. The van der Waals surface area contributed by atoms with Crippen LogP contribution < -0.4 is 38.9 Å². The summed E-state index contributed by atoms with van der Waals surface area (Å²) in [6.07, 6.45) is 2.30. The highest BCUT2D eigenvalue weighted by Gasteiger charge is 2.28. The summed E-state index contributed by atoms with van der Waals surface area (Å²) in [5.74, 6) is -4.03. The summed E-state index contributed by atoms with van der Waals surface area (Å²) in [4.78, 5) is 59.5. The number of carboxylic acid groups (broad SMARTS) is 1. The molecule has 0 bridgehead atoms. The van der Waals surface area contributed by atoms with Crippen LogP contribution in [-0.4, -0.2) is 72.0 Å². The van der Waals surface area contributed by atoms with Crippen molar-refractivity contribution in [3.05, 3.63) is 0 Å². The first-order valence-corrected chi connectivity index (χ1v) is 10.6. The van der Waals surface area contributed by atoms with Crippen molar-refractivity contribution in [2.75, 3.05) is 13.1 Å². The standard InChI is InChI=1S/C19H37N7O6/c1-11(16(28)26-14(19(31)32)7-3-5-9-21)24-18(30)13(6-2-4-8-20)25-17(29)12(22)10-15(23)27/h11-14H,2-10,20-22H2,1H3,(H2,23,27)(H,24,30)(H,25,29)(H,26,28)(H,31,32). The molecule has 12 N–H and O–H groups in total. The summed E-state index contributed by atoms with van der Waals surface area (Å²) in [6.45, 7) is 2.19. The summed E-state index contributed by atoms with van der Waals surface area (Å²) in [7, 11) is 0. The Labute approximate surface area is 187 Å². The van der Waals surface area contributed by atoms with E-state index in [9.17, 15) is 29.1 Å². The molecule has 0 heterocycles. The predicted octanol–water partition coefficient (Wildman–Crippen LogP) is -2.99. The van der Waals surface area contributed by atoms with E-state index in [2.05, 4.69) is 16.0 Å². The molecule has 0 aliphatic carbocycles. The van der Waals surface area contributed by atoms with Gasteiger partial charge in [-0.05, 0) is 58.5 Å². The average Bonchev–Trinajstić information content (AvgIpc) is 2.71. The van der Waals surface area contributed by atoms with E-state index in [1.165, 1.54) is 6.92 Å². The van der Waals surface area contributed by atoms with Gasteiger partial charge in [0, 0.05) is 0 Å². The largest absolute Gasteiger partial charge is 0.480 e. The van der Waals surface area contributed by atoms with Crippen LogP contribution >= 0.6 is 0 Å². The molecule has 0 saturated heterocycles. The van der Waals surface area contributed by atoms with Crippen molar-refractivity contribution in [2.24, 2.45) is 22.9 Å². The van der Waals surface area contributed by atoms with Gasteiger partial charge in [0.05, 0.1) is 12.5 Å². The smallest absolute Gasteiger partial charge is 0.326 e. The maximum absolute atomic E-state index is 12.7. The zero-order valence-corrected chi connectivity index (χ0v) is 18.5. The number of nitrogens with one attached hydrogen (secondary N) is 3. The molecule has 0 aliphatic rings. The van der Waals surface area contributed by atoms with Gasteiger partial charge in [-0.15, -0.1) is 0 Å². The third-order valence-corrected chi connectivity index (χ3v) is 4.65. The summed E-state index contributed by atoms with van der Waals surface area (Å²) in [5.41, 5.74) is 21.5. The maximum Gasteiger partial charge on any atom is 0.326 e. The molecule has 0 radical (unpaired) electrons. The van der Waals surface area contributed by atoms with E-state index in [0.29, 0.717) is 38.8 Å². The number of rotatable bonds is 17. The number of hydrogen-bond donors (Lipinski definition) is 8. The quantitative estimate of drug-likeness (QED) is 0.103. The van der Waals surface area contributed by atoms with Crippen LogP contribution in [0.4, 0.5) is 0 Å². The number of amides is 4. The molecular formula is C19H37N7O6. The summed E-state index contributed by atoms with van der Waals surface area (Å²) < 4.78 is 0. The molecule has 0 aliphatic heterocycles. The Kier molecular flexibility index (Phi) is 14.6. The second-order valence-corrected chi connectivity index (χ2v) is 7.54. The minimum atomic E-state index is -1.22. The Morgan fingerprint density at radius 2 is 1.28 bits per heavy atom. The molecule has 32 heavy (non-hydrogen) atoms. The van der Waals surface area contributed by atoms with Crippen molar-refractivity contribution in [3.63, 3.8) is 0 Å². The molecular weight excluding hydrogens is 422 g/mol. The van der Waals surface area contributed by atoms with Gasteiger partial charge in [-0.2, -0.15) is 0 Å². The van der Waals surface area contributed by atoms with E-state index in [-0.39, 0.29) is 19.3 Å². The minimum Gasteiger partial charge on any atom is -0.480 e. The average molecular weight is 460 g/mol. The topological polar surface area (TPSA) is 246 Å². The highest BCUT2D eigenvalue weighted by molar-refractivity contribution is 5.94. The molecule has 0 aromatic carbocycles. The van der Waals surface area contributed by atoms with Crippen LogP contribution in [0.1, 0.15) is 51.9 Å². The predicted molar refractivity (Wildman–Crippen MR) is 117 cm³/mol. The van der Waals surface area contributed by atoms with E-state index in [1.807, 2.05) is 0 Å². The normalized spacial score (nSPS) is 14.5. The lowest BCUT2D eigenvalue weighted by Crippen LogP contribution is -2.56. The number of hydrogen-bond acceptors (Lipinski definition) is 8. The van der Waals surface area contributed by atoms with Crippen molar-refractivity contribution in [1.29, 1.82) is 0 Å². The van der Waals surface area contributed by atoms with Crippen molar-refractivity contribution in [1.82, 2.24) is 16.0 Å². The zero-order chi connectivity index (χ0) is 24.7. The number of nitrogens with two attached hydrogens (primary N) is 4. The molecule has 0 aromatic rings. The molecule has 4 unspecified atom stereocenters. The molecule has 4 amide bonds. The summed E-state index contributed by atoms with van der Waals surface area (Å²) in [6, 6.07) is -4.42. The molecule has 0 fully saturated rings. The monoisotopic (exact) mass is 459 g/mol. The minimum absolute atomic E-state index is 0.203. The van der Waals surface area contributed by atoms with Gasteiger partial charge in [-0.1, -0.05) is 0 Å². The Morgan fingerprint density at radius 3 is 1.75 bits per heavy atom. The SMILES string of the molecule is CC(NC(=O)C(CCCCN)NC(=O)C(N)CC(N)=O)C(=O)NC(CCCCN)C(=O)O. The fraction of sp³-hybridized carbons (Fsp3) is 0.737. The van der Waals surface area contributed by atoms with Crippen LogP contribution in [0.2, 0.25) is 0 Å². The third kappa shape index (κ3) is 12.2. The van der Waals surface area contributed by atoms with Gasteiger partial charge < -0.3 is 44.0 Å². The van der Waals surface area contributed by atoms with E-state index in [0.717, 1.165) is 0 Å². The second kappa shape index (κ2) is 15.9. The van der Waals surface area contributed by atoms with Gasteiger partial charge >= 0.3 is 5.97 Å². The molecule has 4 atom stereocenters. The number of carbonyl (C=O) groups is 5. The summed E-state index contributed by atoms with van der Waals surface area (Å²) >= 11 is 0. The van der Waals surface area contributed by atoms with E-state index >= 15 is 0 Å². The fourth-order valence-corrected chi connectivity index (χ4v) is 2.78. The van der Waals surface area contributed by atoms with E-state index in [4.69, 9.17) is 22.9 Å². The number of primary amides is 1.